The van der Waals surface area contributed by atoms with Gasteiger partial charge in [0.2, 0.25) is 0 Å². The lowest BCUT2D eigenvalue weighted by molar-refractivity contribution is -0.0194. The van der Waals surface area contributed by atoms with Gasteiger partial charge in [-0.2, -0.15) is 0 Å². The molecule has 0 saturated heterocycles. The van der Waals surface area contributed by atoms with Crippen LogP contribution in [0.15, 0.2) is 24.3 Å². The predicted molar refractivity (Wildman–Crippen MR) is 90.9 cm³/mol. The molecule has 0 aliphatic heterocycles. The van der Waals surface area contributed by atoms with Gasteiger partial charge < -0.3 is 15.6 Å². The second kappa shape index (κ2) is 9.80. The lowest BCUT2D eigenvalue weighted by Gasteiger charge is -2.39. The van der Waals surface area contributed by atoms with Crippen molar-refractivity contribution in [3.05, 3.63) is 29.8 Å². The number of methoxy groups -OCH3 is 1. The quantitative estimate of drug-likeness (QED) is 0.879. The number of nitrogens with two attached hydrogens (primary N) is 1. The van der Waals surface area contributed by atoms with Crippen molar-refractivity contribution in [1.29, 1.82) is 0 Å². The lowest BCUT2D eigenvalue weighted by Crippen LogP contribution is -2.41. The van der Waals surface area contributed by atoms with E-state index in [0.29, 0.717) is 6.54 Å². The van der Waals surface area contributed by atoms with Crippen molar-refractivity contribution < 1.29 is 9.84 Å². The van der Waals surface area contributed by atoms with E-state index in [1.807, 2.05) is 38.1 Å². The first-order valence-electron chi connectivity index (χ1n) is 7.76. The van der Waals surface area contributed by atoms with E-state index in [1.165, 1.54) is 6.42 Å². The third kappa shape index (κ3) is 5.01. The van der Waals surface area contributed by atoms with Crippen LogP contribution >= 0.6 is 0 Å². The Labute approximate surface area is 130 Å². The van der Waals surface area contributed by atoms with Crippen molar-refractivity contribution in [3.8, 4) is 5.75 Å². The SMILES string of the molecule is C.CC.COc1ccc(C(CN)C2(O)CCCCC2)cc1. The molecule has 2 rings (SSSR count). The molecule has 21 heavy (non-hydrogen) atoms. The van der Waals surface area contributed by atoms with Gasteiger partial charge in [0.25, 0.3) is 0 Å². The summed E-state index contributed by atoms with van der Waals surface area (Å²) in [7, 11) is 1.66. The molecule has 1 fully saturated rings. The molecule has 0 bridgehead atoms. The van der Waals surface area contributed by atoms with Crippen LogP contribution in [0.5, 0.6) is 5.75 Å². The molecule has 1 aliphatic rings. The maximum atomic E-state index is 10.8. The molecular formula is C18H33NO2. The van der Waals surface area contributed by atoms with Crippen molar-refractivity contribution in [1.82, 2.24) is 0 Å². The monoisotopic (exact) mass is 295 g/mol. The van der Waals surface area contributed by atoms with Gasteiger partial charge in [0.1, 0.15) is 5.75 Å². The second-order valence-electron chi connectivity index (χ2n) is 5.23. The molecule has 0 aromatic heterocycles. The summed E-state index contributed by atoms with van der Waals surface area (Å²) < 4.78 is 5.16. The first-order chi connectivity index (χ1) is 9.69. The van der Waals surface area contributed by atoms with Gasteiger partial charge in [-0.05, 0) is 30.5 Å². The van der Waals surface area contributed by atoms with Gasteiger partial charge in [-0.1, -0.05) is 52.7 Å². The van der Waals surface area contributed by atoms with Crippen LogP contribution in [0.25, 0.3) is 0 Å². The summed E-state index contributed by atoms with van der Waals surface area (Å²) in [5.74, 6) is 0.869. The molecule has 0 amide bonds. The Bertz CT molecular complexity index is 369. The van der Waals surface area contributed by atoms with E-state index in [2.05, 4.69) is 0 Å². The van der Waals surface area contributed by atoms with Crippen molar-refractivity contribution >= 4 is 0 Å². The van der Waals surface area contributed by atoms with E-state index < -0.39 is 5.60 Å². The van der Waals surface area contributed by atoms with Crippen molar-refractivity contribution in [2.75, 3.05) is 13.7 Å². The third-order valence-electron chi connectivity index (χ3n) is 4.12. The zero-order valence-corrected chi connectivity index (χ0v) is 13.1. The van der Waals surface area contributed by atoms with E-state index in [1.54, 1.807) is 7.11 Å². The fraction of sp³-hybridized carbons (Fsp3) is 0.667. The first-order valence-corrected chi connectivity index (χ1v) is 7.76. The molecule has 1 aromatic carbocycles. The summed E-state index contributed by atoms with van der Waals surface area (Å²) in [5, 5.41) is 10.8. The van der Waals surface area contributed by atoms with Crippen LogP contribution in [0.4, 0.5) is 0 Å². The van der Waals surface area contributed by atoms with E-state index in [0.717, 1.165) is 37.0 Å². The minimum atomic E-state index is -0.623. The van der Waals surface area contributed by atoms with E-state index in [-0.39, 0.29) is 13.3 Å². The summed E-state index contributed by atoms with van der Waals surface area (Å²) in [6, 6.07) is 7.90. The Morgan fingerprint density at radius 1 is 1.14 bits per heavy atom. The molecule has 122 valence electrons. The molecule has 3 nitrogen and oxygen atoms in total. The minimum absolute atomic E-state index is 0. The maximum absolute atomic E-state index is 10.8. The number of rotatable bonds is 4. The normalized spacial score (nSPS) is 17.8. The molecule has 1 atom stereocenters. The van der Waals surface area contributed by atoms with Crippen LogP contribution in [0.3, 0.4) is 0 Å². The number of benzene rings is 1. The molecular weight excluding hydrogens is 262 g/mol. The molecule has 1 aromatic rings. The largest absolute Gasteiger partial charge is 0.497 e. The number of ether oxygens (including phenoxy) is 1. The maximum Gasteiger partial charge on any atom is 0.118 e. The average Bonchev–Trinajstić information content (AvgIpc) is 2.51. The average molecular weight is 295 g/mol. The number of hydrogen-bond acceptors (Lipinski definition) is 3. The van der Waals surface area contributed by atoms with Crippen LogP contribution in [-0.4, -0.2) is 24.4 Å². The third-order valence-corrected chi connectivity index (χ3v) is 4.12. The van der Waals surface area contributed by atoms with Gasteiger partial charge in [-0.3, -0.25) is 0 Å². The summed E-state index contributed by atoms with van der Waals surface area (Å²) in [5.41, 5.74) is 6.39. The van der Waals surface area contributed by atoms with E-state index >= 15 is 0 Å². The summed E-state index contributed by atoms with van der Waals surface area (Å²) in [6.07, 6.45) is 5.15. The first kappa shape index (κ1) is 19.9. The highest BCUT2D eigenvalue weighted by atomic mass is 16.5. The topological polar surface area (TPSA) is 55.5 Å². The van der Waals surface area contributed by atoms with Crippen LogP contribution in [0, 0.1) is 0 Å². The van der Waals surface area contributed by atoms with Crippen molar-refractivity contribution in [3.63, 3.8) is 0 Å². The summed E-state index contributed by atoms with van der Waals surface area (Å²) >= 11 is 0. The van der Waals surface area contributed by atoms with E-state index in [4.69, 9.17) is 10.5 Å². The fourth-order valence-electron chi connectivity index (χ4n) is 3.01. The van der Waals surface area contributed by atoms with E-state index in [9.17, 15) is 5.11 Å². The molecule has 3 heteroatoms. The smallest absolute Gasteiger partial charge is 0.118 e. The van der Waals surface area contributed by atoms with Crippen LogP contribution in [0.2, 0.25) is 0 Å². The standard InChI is InChI=1S/C15H23NO2.C2H6.CH4/c1-18-13-7-5-12(6-8-13)14(11-16)15(17)9-3-2-4-10-15;1-2;/h5-8,14,17H,2-4,9-11,16H2,1H3;1-2H3;1H4. The van der Waals surface area contributed by atoms with Gasteiger partial charge in [0.15, 0.2) is 0 Å². The highest BCUT2D eigenvalue weighted by Gasteiger charge is 2.37. The van der Waals surface area contributed by atoms with Gasteiger partial charge in [0, 0.05) is 12.5 Å². The van der Waals surface area contributed by atoms with Crippen LogP contribution < -0.4 is 10.5 Å². The van der Waals surface area contributed by atoms with Crippen molar-refractivity contribution in [2.45, 2.75) is 64.9 Å². The summed E-state index contributed by atoms with van der Waals surface area (Å²) in [4.78, 5) is 0. The molecule has 0 spiro atoms. The Balaban J connectivity index is 0.00000128. The molecule has 0 heterocycles. The van der Waals surface area contributed by atoms with Crippen LogP contribution in [0.1, 0.15) is 64.9 Å². The molecule has 1 unspecified atom stereocenters. The molecule has 3 N–H and O–H groups in total. The fourth-order valence-corrected chi connectivity index (χ4v) is 3.01. The van der Waals surface area contributed by atoms with Gasteiger partial charge in [0.05, 0.1) is 12.7 Å². The Hall–Kier alpha value is -1.06. The van der Waals surface area contributed by atoms with Gasteiger partial charge in [-0.25, -0.2) is 0 Å². The zero-order valence-electron chi connectivity index (χ0n) is 13.1. The highest BCUT2D eigenvalue weighted by molar-refractivity contribution is 5.31. The lowest BCUT2D eigenvalue weighted by atomic mass is 9.73. The Morgan fingerprint density at radius 3 is 2.10 bits per heavy atom. The second-order valence-corrected chi connectivity index (χ2v) is 5.23. The molecule has 1 aliphatic carbocycles. The molecule has 0 radical (unpaired) electrons. The van der Waals surface area contributed by atoms with Gasteiger partial charge >= 0.3 is 0 Å². The Morgan fingerprint density at radius 2 is 1.67 bits per heavy atom. The van der Waals surface area contributed by atoms with Crippen LogP contribution in [-0.2, 0) is 0 Å². The highest BCUT2D eigenvalue weighted by Crippen LogP contribution is 2.39. The Kier molecular flexibility index (Phi) is 9.31. The van der Waals surface area contributed by atoms with Gasteiger partial charge in [-0.15, -0.1) is 0 Å². The predicted octanol–water partition coefficient (Wildman–Crippen LogP) is 4.10. The minimum Gasteiger partial charge on any atom is -0.497 e. The number of aliphatic hydroxyl groups is 1. The molecule has 1 saturated carbocycles. The van der Waals surface area contributed by atoms with Crippen molar-refractivity contribution in [2.24, 2.45) is 5.73 Å². The zero-order chi connectivity index (χ0) is 15.0. The number of hydrogen-bond donors (Lipinski definition) is 2. The summed E-state index contributed by atoms with van der Waals surface area (Å²) in [6.45, 7) is 4.49.